The molecule has 6 unspecified atom stereocenters. The van der Waals surface area contributed by atoms with Crippen LogP contribution in [0.4, 0.5) is 0 Å². The van der Waals surface area contributed by atoms with Crippen molar-refractivity contribution in [2.45, 2.75) is 75.5 Å². The summed E-state index contributed by atoms with van der Waals surface area (Å²) in [7, 11) is 2.26. The van der Waals surface area contributed by atoms with Gasteiger partial charge in [-0.25, -0.2) is 0 Å². The van der Waals surface area contributed by atoms with Crippen molar-refractivity contribution in [3.63, 3.8) is 0 Å². The van der Waals surface area contributed by atoms with E-state index >= 15 is 0 Å². The Morgan fingerprint density at radius 3 is 2.33 bits per heavy atom. The van der Waals surface area contributed by atoms with E-state index in [2.05, 4.69) is 17.3 Å². The third-order valence-corrected chi connectivity index (χ3v) is 6.97. The molecule has 4 heteroatoms. The number of carbonyl (C=O) groups excluding carboxylic acids is 1. The lowest BCUT2D eigenvalue weighted by Crippen LogP contribution is -2.57. The summed E-state index contributed by atoms with van der Waals surface area (Å²) in [6.45, 7) is 0. The molecule has 6 atom stereocenters. The minimum absolute atomic E-state index is 0.100. The number of nitrogens with one attached hydrogen (secondary N) is 1. The molecular weight excluding hydrogens is 262 g/mol. The van der Waals surface area contributed by atoms with Crippen LogP contribution in [0, 0.1) is 17.8 Å². The monoisotopic (exact) mass is 291 g/mol. The van der Waals surface area contributed by atoms with E-state index in [1.54, 1.807) is 0 Å². The summed E-state index contributed by atoms with van der Waals surface area (Å²) in [5, 5.41) is 3.38. The quantitative estimate of drug-likeness (QED) is 0.810. The maximum absolute atomic E-state index is 12.7. The van der Waals surface area contributed by atoms with Crippen LogP contribution in [0.1, 0.15) is 51.4 Å². The number of hydrogen-bond acceptors (Lipinski definition) is 3. The van der Waals surface area contributed by atoms with Crippen LogP contribution in [-0.2, 0) is 4.79 Å². The lowest BCUT2D eigenvalue weighted by molar-refractivity contribution is -0.128. The molecule has 21 heavy (non-hydrogen) atoms. The first kappa shape index (κ1) is 14.0. The second-order valence-electron chi connectivity index (χ2n) is 8.02. The van der Waals surface area contributed by atoms with Gasteiger partial charge in [0.1, 0.15) is 0 Å². The summed E-state index contributed by atoms with van der Waals surface area (Å²) >= 11 is 0. The lowest BCUT2D eigenvalue weighted by atomic mass is 9.81. The highest BCUT2D eigenvalue weighted by atomic mass is 16.2. The van der Waals surface area contributed by atoms with E-state index in [1.807, 2.05) is 0 Å². The van der Waals surface area contributed by atoms with E-state index in [0.717, 1.165) is 12.8 Å². The minimum Gasteiger partial charge on any atom is -0.353 e. The number of nitrogens with zero attached hydrogens (tertiary/aromatic N) is 1. The summed E-state index contributed by atoms with van der Waals surface area (Å²) in [4.78, 5) is 15.3. The Kier molecular flexibility index (Phi) is 3.49. The zero-order chi connectivity index (χ0) is 14.6. The van der Waals surface area contributed by atoms with Gasteiger partial charge in [-0.1, -0.05) is 6.42 Å². The van der Waals surface area contributed by atoms with E-state index in [9.17, 15) is 4.79 Å². The maximum Gasteiger partial charge on any atom is 0.225 e. The van der Waals surface area contributed by atoms with E-state index < -0.39 is 0 Å². The number of amides is 1. The fourth-order valence-electron chi connectivity index (χ4n) is 5.76. The number of piperidine rings is 2. The van der Waals surface area contributed by atoms with Gasteiger partial charge < -0.3 is 16.0 Å². The van der Waals surface area contributed by atoms with Gasteiger partial charge in [0, 0.05) is 24.2 Å². The van der Waals surface area contributed by atoms with Crippen LogP contribution >= 0.6 is 0 Å². The Morgan fingerprint density at radius 1 is 1.05 bits per heavy atom. The fourth-order valence-corrected chi connectivity index (χ4v) is 5.76. The minimum atomic E-state index is 0.100. The average Bonchev–Trinajstić information content (AvgIpc) is 3.00. The predicted molar refractivity (Wildman–Crippen MR) is 82.7 cm³/mol. The molecule has 2 saturated heterocycles. The summed E-state index contributed by atoms with van der Waals surface area (Å²) in [5.41, 5.74) is 6.32. The predicted octanol–water partition coefficient (Wildman–Crippen LogP) is 1.49. The second kappa shape index (κ2) is 5.24. The van der Waals surface area contributed by atoms with E-state index in [-0.39, 0.29) is 17.9 Å². The third-order valence-electron chi connectivity index (χ3n) is 6.97. The standard InChI is InChI=1S/C17H29N3O/c1-20-13-3-2-4-14(20)9-12(8-13)19-17(21)15-10-5-6-11(7-10)16(15)18/h10-16H,2-9,18H2,1H3,(H,19,21). The summed E-state index contributed by atoms with van der Waals surface area (Å²) in [6, 6.07) is 1.86. The van der Waals surface area contributed by atoms with Gasteiger partial charge in [-0.05, 0) is 63.8 Å². The van der Waals surface area contributed by atoms with Crippen molar-refractivity contribution < 1.29 is 4.79 Å². The van der Waals surface area contributed by atoms with E-state index in [0.29, 0.717) is 30.0 Å². The number of rotatable bonds is 2. The summed E-state index contributed by atoms with van der Waals surface area (Å²) in [6.07, 6.45) is 9.88. The topological polar surface area (TPSA) is 58.4 Å². The number of nitrogens with two attached hydrogens (primary N) is 1. The van der Waals surface area contributed by atoms with Gasteiger partial charge in [-0.3, -0.25) is 4.79 Å². The maximum atomic E-state index is 12.7. The van der Waals surface area contributed by atoms with Crippen molar-refractivity contribution >= 4 is 5.91 Å². The van der Waals surface area contributed by atoms with Crippen molar-refractivity contribution in [3.8, 4) is 0 Å². The molecule has 4 nitrogen and oxygen atoms in total. The largest absolute Gasteiger partial charge is 0.353 e. The molecule has 0 aromatic rings. The Hall–Kier alpha value is -0.610. The third kappa shape index (κ3) is 2.31. The van der Waals surface area contributed by atoms with Gasteiger partial charge in [0.05, 0.1) is 5.92 Å². The van der Waals surface area contributed by atoms with Gasteiger partial charge in [0.25, 0.3) is 0 Å². The van der Waals surface area contributed by atoms with Crippen molar-refractivity contribution in [1.29, 1.82) is 0 Å². The Balaban J connectivity index is 1.39. The molecule has 4 bridgehead atoms. The molecular formula is C17H29N3O. The molecule has 0 spiro atoms. The smallest absolute Gasteiger partial charge is 0.225 e. The number of hydrogen-bond donors (Lipinski definition) is 2. The molecule has 2 heterocycles. The highest BCUT2D eigenvalue weighted by Gasteiger charge is 2.49. The molecule has 2 saturated carbocycles. The van der Waals surface area contributed by atoms with Crippen LogP contribution in [-0.4, -0.2) is 42.0 Å². The highest BCUT2D eigenvalue weighted by Crippen LogP contribution is 2.47. The summed E-state index contributed by atoms with van der Waals surface area (Å²) in [5.74, 6) is 1.55. The van der Waals surface area contributed by atoms with Crippen molar-refractivity contribution in [2.75, 3.05) is 7.05 Å². The van der Waals surface area contributed by atoms with E-state index in [1.165, 1.54) is 38.5 Å². The molecule has 4 aliphatic rings. The SMILES string of the molecule is CN1C2CCCC1CC(NC(=O)C1C3CCC(C3)C1N)C2. The van der Waals surface area contributed by atoms with Crippen LogP contribution in [0.3, 0.4) is 0 Å². The first-order valence-electron chi connectivity index (χ1n) is 8.91. The van der Waals surface area contributed by atoms with Crippen LogP contribution in [0.5, 0.6) is 0 Å². The van der Waals surface area contributed by atoms with Crippen LogP contribution in [0.15, 0.2) is 0 Å². The molecule has 118 valence electrons. The first-order valence-corrected chi connectivity index (χ1v) is 8.91. The van der Waals surface area contributed by atoms with Crippen LogP contribution < -0.4 is 11.1 Å². The average molecular weight is 291 g/mol. The number of carbonyl (C=O) groups is 1. The van der Waals surface area contributed by atoms with Crippen molar-refractivity contribution in [1.82, 2.24) is 10.2 Å². The Bertz CT molecular complexity index is 410. The van der Waals surface area contributed by atoms with Crippen molar-refractivity contribution in [3.05, 3.63) is 0 Å². The molecule has 0 radical (unpaired) electrons. The molecule has 4 rings (SSSR count). The fraction of sp³-hybridized carbons (Fsp3) is 0.941. The van der Waals surface area contributed by atoms with Crippen LogP contribution in [0.2, 0.25) is 0 Å². The zero-order valence-corrected chi connectivity index (χ0v) is 13.1. The molecule has 1 amide bonds. The lowest BCUT2D eigenvalue weighted by Gasteiger charge is -2.47. The summed E-state index contributed by atoms with van der Waals surface area (Å²) < 4.78 is 0. The normalized spacial score (nSPS) is 49.3. The molecule has 2 aliphatic heterocycles. The Labute approximate surface area is 127 Å². The number of fused-ring (bicyclic) bond motifs is 4. The van der Waals surface area contributed by atoms with Gasteiger partial charge in [0.15, 0.2) is 0 Å². The van der Waals surface area contributed by atoms with E-state index in [4.69, 9.17) is 5.73 Å². The molecule has 0 aromatic heterocycles. The van der Waals surface area contributed by atoms with Gasteiger partial charge >= 0.3 is 0 Å². The highest BCUT2D eigenvalue weighted by molar-refractivity contribution is 5.80. The molecule has 2 aliphatic carbocycles. The molecule has 0 aromatic carbocycles. The second-order valence-corrected chi connectivity index (χ2v) is 8.02. The molecule has 4 fully saturated rings. The van der Waals surface area contributed by atoms with Gasteiger partial charge in [-0.2, -0.15) is 0 Å². The zero-order valence-electron chi connectivity index (χ0n) is 13.1. The Morgan fingerprint density at radius 2 is 1.71 bits per heavy atom. The molecule has 3 N–H and O–H groups in total. The van der Waals surface area contributed by atoms with Gasteiger partial charge in [0.2, 0.25) is 5.91 Å². The first-order chi connectivity index (χ1) is 10.1. The van der Waals surface area contributed by atoms with Crippen LogP contribution in [0.25, 0.3) is 0 Å². The van der Waals surface area contributed by atoms with Gasteiger partial charge in [-0.15, -0.1) is 0 Å². The van der Waals surface area contributed by atoms with Crippen molar-refractivity contribution in [2.24, 2.45) is 23.5 Å².